The summed E-state index contributed by atoms with van der Waals surface area (Å²) >= 11 is 1.41. The standard InChI is InChI=1S/C22H17N3O2S/c26-19-11-10-15-5-1-2-8-17(15)18(19)13-24-25-21(27)14-28-20-9-3-6-16-7-4-12-23-22(16)20/h1-13,26H,14H2,(H,25,27)/b24-13-. The molecule has 3 aromatic carbocycles. The van der Waals surface area contributed by atoms with Crippen LogP contribution < -0.4 is 5.43 Å². The van der Waals surface area contributed by atoms with Gasteiger partial charge in [-0.25, -0.2) is 5.43 Å². The van der Waals surface area contributed by atoms with Crippen molar-refractivity contribution in [1.82, 2.24) is 10.4 Å². The first-order chi connectivity index (χ1) is 13.7. The summed E-state index contributed by atoms with van der Waals surface area (Å²) < 4.78 is 0. The van der Waals surface area contributed by atoms with Crippen molar-refractivity contribution in [3.8, 4) is 5.75 Å². The molecule has 0 aliphatic rings. The number of nitrogens with zero attached hydrogens (tertiary/aromatic N) is 2. The van der Waals surface area contributed by atoms with Crippen molar-refractivity contribution in [3.63, 3.8) is 0 Å². The van der Waals surface area contributed by atoms with Gasteiger partial charge in [0, 0.05) is 22.0 Å². The van der Waals surface area contributed by atoms with E-state index in [1.165, 1.54) is 18.0 Å². The fourth-order valence-corrected chi connectivity index (χ4v) is 3.79. The normalized spacial score (nSPS) is 11.3. The molecule has 4 rings (SSSR count). The fraction of sp³-hybridized carbons (Fsp3) is 0.0455. The van der Waals surface area contributed by atoms with E-state index in [2.05, 4.69) is 15.5 Å². The third kappa shape index (κ3) is 3.82. The molecule has 0 saturated carbocycles. The zero-order valence-corrected chi connectivity index (χ0v) is 15.7. The minimum atomic E-state index is -0.228. The summed E-state index contributed by atoms with van der Waals surface area (Å²) in [5.41, 5.74) is 3.97. The van der Waals surface area contributed by atoms with Crippen LogP contribution in [0.3, 0.4) is 0 Å². The van der Waals surface area contributed by atoms with Crippen LogP contribution >= 0.6 is 11.8 Å². The van der Waals surface area contributed by atoms with Crippen LogP contribution in [0, 0.1) is 0 Å². The van der Waals surface area contributed by atoms with E-state index >= 15 is 0 Å². The number of hydrogen-bond acceptors (Lipinski definition) is 5. The quantitative estimate of drug-likeness (QED) is 0.304. The zero-order valence-electron chi connectivity index (χ0n) is 14.9. The maximum absolute atomic E-state index is 12.2. The van der Waals surface area contributed by atoms with Crippen LogP contribution in [0.25, 0.3) is 21.7 Å². The number of nitrogens with one attached hydrogen (secondary N) is 1. The number of thioether (sulfide) groups is 1. The molecule has 28 heavy (non-hydrogen) atoms. The van der Waals surface area contributed by atoms with Crippen LogP contribution in [0.4, 0.5) is 0 Å². The molecule has 0 bridgehead atoms. The van der Waals surface area contributed by atoms with Gasteiger partial charge in [0.1, 0.15) is 5.75 Å². The number of rotatable bonds is 5. The molecule has 0 aliphatic heterocycles. The lowest BCUT2D eigenvalue weighted by Crippen LogP contribution is -2.19. The van der Waals surface area contributed by atoms with Crippen LogP contribution in [-0.2, 0) is 4.79 Å². The highest BCUT2D eigenvalue weighted by Gasteiger charge is 2.07. The van der Waals surface area contributed by atoms with Gasteiger partial charge >= 0.3 is 0 Å². The highest BCUT2D eigenvalue weighted by molar-refractivity contribution is 8.00. The van der Waals surface area contributed by atoms with Crippen molar-refractivity contribution in [2.24, 2.45) is 5.10 Å². The molecule has 2 N–H and O–H groups in total. The van der Waals surface area contributed by atoms with Crippen LogP contribution in [0.5, 0.6) is 5.75 Å². The Hall–Kier alpha value is -3.38. The number of carbonyl (C=O) groups is 1. The number of hydrazone groups is 1. The molecule has 1 aromatic heterocycles. The molecular formula is C22H17N3O2S. The summed E-state index contributed by atoms with van der Waals surface area (Å²) in [6, 6.07) is 20.9. The Bertz CT molecular complexity index is 1190. The second kappa shape index (κ2) is 8.10. The second-order valence-electron chi connectivity index (χ2n) is 6.13. The van der Waals surface area contributed by atoms with Crippen molar-refractivity contribution in [2.45, 2.75) is 4.90 Å². The first-order valence-corrected chi connectivity index (χ1v) is 9.70. The number of benzene rings is 3. The summed E-state index contributed by atoms with van der Waals surface area (Å²) in [5, 5.41) is 17.0. The molecule has 4 aromatic rings. The average Bonchev–Trinajstić information content (AvgIpc) is 2.74. The SMILES string of the molecule is O=C(CSc1cccc2cccnc12)N/N=C\c1c(O)ccc2ccccc12. The third-order valence-corrected chi connectivity index (χ3v) is 5.33. The topological polar surface area (TPSA) is 74.6 Å². The molecule has 0 saturated heterocycles. The van der Waals surface area contributed by atoms with Gasteiger partial charge in [0.15, 0.2) is 0 Å². The highest BCUT2D eigenvalue weighted by atomic mass is 32.2. The fourth-order valence-electron chi connectivity index (χ4n) is 2.96. The molecule has 6 heteroatoms. The Morgan fingerprint density at radius 1 is 1.04 bits per heavy atom. The zero-order chi connectivity index (χ0) is 19.3. The number of phenolic OH excluding ortho intramolecular Hbond substituents is 1. The van der Waals surface area contributed by atoms with Crippen molar-refractivity contribution in [2.75, 3.05) is 5.75 Å². The molecule has 1 heterocycles. The van der Waals surface area contributed by atoms with Crippen LogP contribution in [0.15, 0.2) is 82.9 Å². The summed E-state index contributed by atoms with van der Waals surface area (Å²) in [6.07, 6.45) is 3.22. The summed E-state index contributed by atoms with van der Waals surface area (Å²) in [4.78, 5) is 17.5. The second-order valence-corrected chi connectivity index (χ2v) is 7.15. The Labute approximate surface area is 166 Å². The van der Waals surface area contributed by atoms with Gasteiger partial charge in [-0.3, -0.25) is 9.78 Å². The number of carbonyl (C=O) groups excluding carboxylic acids is 1. The molecule has 1 amide bonds. The molecule has 0 spiro atoms. The van der Waals surface area contributed by atoms with Gasteiger partial charge in [-0.2, -0.15) is 5.10 Å². The lowest BCUT2D eigenvalue weighted by molar-refractivity contribution is -0.118. The Morgan fingerprint density at radius 3 is 2.79 bits per heavy atom. The van der Waals surface area contributed by atoms with Gasteiger partial charge in [0.2, 0.25) is 5.91 Å². The summed E-state index contributed by atoms with van der Waals surface area (Å²) in [5.74, 6) is 0.107. The number of phenols is 1. The van der Waals surface area contributed by atoms with Crippen molar-refractivity contribution >= 4 is 45.6 Å². The summed E-state index contributed by atoms with van der Waals surface area (Å²) in [6.45, 7) is 0. The van der Waals surface area contributed by atoms with E-state index in [1.807, 2.05) is 60.7 Å². The predicted octanol–water partition coefficient (Wildman–Crippen LogP) is 4.34. The minimum Gasteiger partial charge on any atom is -0.507 e. The first kappa shape index (κ1) is 18.0. The van der Waals surface area contributed by atoms with Crippen LogP contribution in [-0.4, -0.2) is 28.0 Å². The molecule has 0 fully saturated rings. The van der Waals surface area contributed by atoms with E-state index in [9.17, 15) is 9.90 Å². The Kier molecular flexibility index (Phi) is 5.21. The maximum atomic E-state index is 12.2. The van der Waals surface area contributed by atoms with E-state index < -0.39 is 0 Å². The minimum absolute atomic E-state index is 0.118. The van der Waals surface area contributed by atoms with Crippen molar-refractivity contribution in [1.29, 1.82) is 0 Å². The van der Waals surface area contributed by atoms with E-state index in [0.29, 0.717) is 5.56 Å². The van der Waals surface area contributed by atoms with E-state index in [-0.39, 0.29) is 17.4 Å². The van der Waals surface area contributed by atoms with Gasteiger partial charge in [0.05, 0.1) is 17.5 Å². The number of hydrogen-bond donors (Lipinski definition) is 2. The number of amides is 1. The van der Waals surface area contributed by atoms with Gasteiger partial charge < -0.3 is 5.11 Å². The lowest BCUT2D eigenvalue weighted by Gasteiger charge is -2.06. The van der Waals surface area contributed by atoms with Gasteiger partial charge in [-0.15, -0.1) is 11.8 Å². The van der Waals surface area contributed by atoms with E-state index in [4.69, 9.17) is 0 Å². The van der Waals surface area contributed by atoms with Gasteiger partial charge in [0.25, 0.3) is 0 Å². The number of pyridine rings is 1. The van der Waals surface area contributed by atoms with Crippen LogP contribution in [0.2, 0.25) is 0 Å². The number of para-hydroxylation sites is 1. The molecule has 0 radical (unpaired) electrons. The molecule has 0 aliphatic carbocycles. The third-order valence-electron chi connectivity index (χ3n) is 4.29. The summed E-state index contributed by atoms with van der Waals surface area (Å²) in [7, 11) is 0. The molecular weight excluding hydrogens is 370 g/mol. The Morgan fingerprint density at radius 2 is 1.86 bits per heavy atom. The first-order valence-electron chi connectivity index (χ1n) is 8.71. The lowest BCUT2D eigenvalue weighted by atomic mass is 10.0. The predicted molar refractivity (Wildman–Crippen MR) is 114 cm³/mol. The largest absolute Gasteiger partial charge is 0.507 e. The van der Waals surface area contributed by atoms with E-state index in [1.54, 1.807) is 12.3 Å². The van der Waals surface area contributed by atoms with Crippen LogP contribution in [0.1, 0.15) is 5.56 Å². The number of aromatic nitrogens is 1. The van der Waals surface area contributed by atoms with Gasteiger partial charge in [-0.1, -0.05) is 48.5 Å². The Balaban J connectivity index is 1.43. The van der Waals surface area contributed by atoms with Gasteiger partial charge in [-0.05, 0) is 29.0 Å². The van der Waals surface area contributed by atoms with E-state index in [0.717, 1.165) is 26.6 Å². The molecule has 0 atom stereocenters. The number of fused-ring (bicyclic) bond motifs is 2. The maximum Gasteiger partial charge on any atom is 0.250 e. The average molecular weight is 387 g/mol. The molecule has 138 valence electrons. The smallest absolute Gasteiger partial charge is 0.250 e. The monoisotopic (exact) mass is 387 g/mol. The van der Waals surface area contributed by atoms with Crippen molar-refractivity contribution in [3.05, 3.63) is 78.5 Å². The molecule has 5 nitrogen and oxygen atoms in total. The highest BCUT2D eigenvalue weighted by Crippen LogP contribution is 2.26. The molecule has 0 unspecified atom stereocenters. The number of aromatic hydroxyl groups is 1. The van der Waals surface area contributed by atoms with Crippen molar-refractivity contribution < 1.29 is 9.90 Å².